The van der Waals surface area contributed by atoms with E-state index >= 15 is 0 Å². The first kappa shape index (κ1) is 10.6. The fourth-order valence-electron chi connectivity index (χ4n) is 2.18. The van der Waals surface area contributed by atoms with Crippen LogP contribution in [0.25, 0.3) is 0 Å². The van der Waals surface area contributed by atoms with E-state index < -0.39 is 0 Å². The quantitative estimate of drug-likeness (QED) is 0.736. The zero-order chi connectivity index (χ0) is 10.8. The third kappa shape index (κ3) is 2.37. The highest BCUT2D eigenvalue weighted by molar-refractivity contribution is 5.20. The zero-order valence-corrected chi connectivity index (χ0v) is 9.90. The monoisotopic (exact) mass is 204 g/mol. The molecule has 1 aliphatic heterocycles. The average molecular weight is 204 g/mol. The molecule has 0 aromatic carbocycles. The Kier molecular flexibility index (Phi) is 3.06. The lowest BCUT2D eigenvalue weighted by atomic mass is 10.0. The van der Waals surface area contributed by atoms with Gasteiger partial charge in [0.1, 0.15) is 0 Å². The number of hydrogen-bond acceptors (Lipinski definition) is 2. The molecular formula is C13H20N2. The number of aromatic nitrogens is 1. The number of pyridine rings is 1. The first-order valence-corrected chi connectivity index (χ1v) is 5.81. The summed E-state index contributed by atoms with van der Waals surface area (Å²) >= 11 is 0. The number of likely N-dealkylation sites (N-methyl/N-ethyl adjacent to an activating group) is 1. The molecule has 2 nitrogen and oxygen atoms in total. The van der Waals surface area contributed by atoms with E-state index in [-0.39, 0.29) is 0 Å². The van der Waals surface area contributed by atoms with Crippen molar-refractivity contribution in [3.63, 3.8) is 0 Å². The molecule has 1 saturated heterocycles. The summed E-state index contributed by atoms with van der Waals surface area (Å²) in [6.07, 6.45) is 3.29. The fourth-order valence-corrected chi connectivity index (χ4v) is 2.18. The maximum atomic E-state index is 4.59. The van der Waals surface area contributed by atoms with Crippen LogP contribution in [0.5, 0.6) is 0 Å². The molecule has 1 atom stereocenters. The molecule has 2 heteroatoms. The van der Waals surface area contributed by atoms with Crippen molar-refractivity contribution in [2.24, 2.45) is 0 Å². The van der Waals surface area contributed by atoms with Crippen LogP contribution in [0.1, 0.15) is 43.4 Å². The molecule has 0 bridgehead atoms. The Morgan fingerprint density at radius 2 is 2.20 bits per heavy atom. The second kappa shape index (κ2) is 4.31. The van der Waals surface area contributed by atoms with E-state index in [2.05, 4.69) is 42.9 Å². The normalized spacial score (nSPS) is 22.5. The number of likely N-dealkylation sites (tertiary alicyclic amines) is 1. The average Bonchev–Trinajstić information content (AvgIpc) is 2.65. The van der Waals surface area contributed by atoms with Crippen molar-refractivity contribution >= 4 is 0 Å². The highest BCUT2D eigenvalue weighted by atomic mass is 15.1. The van der Waals surface area contributed by atoms with Gasteiger partial charge in [0.05, 0.1) is 0 Å². The fraction of sp³-hybridized carbons (Fsp3) is 0.615. The largest absolute Gasteiger partial charge is 0.306 e. The molecule has 1 unspecified atom stereocenters. The van der Waals surface area contributed by atoms with Gasteiger partial charge in [0.25, 0.3) is 0 Å². The van der Waals surface area contributed by atoms with Crippen molar-refractivity contribution in [2.45, 2.75) is 32.1 Å². The molecule has 2 rings (SSSR count). The summed E-state index contributed by atoms with van der Waals surface area (Å²) in [7, 11) is 2.18. The van der Waals surface area contributed by atoms with E-state index in [0.717, 1.165) is 6.54 Å². The van der Waals surface area contributed by atoms with Crippen LogP contribution in [0.4, 0.5) is 0 Å². The second-order valence-electron chi connectivity index (χ2n) is 4.92. The Bertz CT molecular complexity index is 316. The van der Waals surface area contributed by atoms with Crippen LogP contribution in [0.2, 0.25) is 0 Å². The van der Waals surface area contributed by atoms with Crippen LogP contribution >= 0.6 is 0 Å². The molecule has 0 radical (unpaired) electrons. The summed E-state index contributed by atoms with van der Waals surface area (Å²) in [5, 5.41) is 0. The van der Waals surface area contributed by atoms with Crippen molar-refractivity contribution in [2.75, 3.05) is 20.1 Å². The van der Waals surface area contributed by atoms with Gasteiger partial charge in [0, 0.05) is 24.4 Å². The summed E-state index contributed by atoms with van der Waals surface area (Å²) in [6.45, 7) is 6.78. The zero-order valence-electron chi connectivity index (χ0n) is 9.90. The summed E-state index contributed by atoms with van der Waals surface area (Å²) in [4.78, 5) is 6.97. The first-order valence-electron chi connectivity index (χ1n) is 5.81. The maximum Gasteiger partial charge on any atom is 0.0447 e. The minimum Gasteiger partial charge on any atom is -0.306 e. The van der Waals surface area contributed by atoms with Gasteiger partial charge in [0.15, 0.2) is 0 Å². The van der Waals surface area contributed by atoms with E-state index in [1.807, 2.05) is 6.20 Å². The molecule has 0 spiro atoms. The molecule has 2 heterocycles. The van der Waals surface area contributed by atoms with Gasteiger partial charge >= 0.3 is 0 Å². The van der Waals surface area contributed by atoms with Gasteiger partial charge in [-0.3, -0.25) is 4.98 Å². The smallest absolute Gasteiger partial charge is 0.0447 e. The topological polar surface area (TPSA) is 16.1 Å². The maximum absolute atomic E-state index is 4.59. The van der Waals surface area contributed by atoms with Crippen molar-refractivity contribution in [1.82, 2.24) is 9.88 Å². The third-order valence-electron chi connectivity index (χ3n) is 3.29. The molecule has 0 aliphatic carbocycles. The Balaban J connectivity index is 2.10. The van der Waals surface area contributed by atoms with Gasteiger partial charge in [-0.25, -0.2) is 0 Å². The van der Waals surface area contributed by atoms with Gasteiger partial charge in [-0.05, 0) is 37.6 Å². The third-order valence-corrected chi connectivity index (χ3v) is 3.29. The van der Waals surface area contributed by atoms with Gasteiger partial charge in [-0.2, -0.15) is 0 Å². The highest BCUT2D eigenvalue weighted by Gasteiger charge is 2.21. The van der Waals surface area contributed by atoms with Crippen LogP contribution in [0.15, 0.2) is 18.3 Å². The second-order valence-corrected chi connectivity index (χ2v) is 4.92. The lowest BCUT2D eigenvalue weighted by Crippen LogP contribution is -2.13. The van der Waals surface area contributed by atoms with E-state index in [4.69, 9.17) is 0 Å². The first-order chi connectivity index (χ1) is 7.16. The van der Waals surface area contributed by atoms with Crippen LogP contribution in [0, 0.1) is 0 Å². The van der Waals surface area contributed by atoms with Gasteiger partial charge < -0.3 is 4.90 Å². The van der Waals surface area contributed by atoms with Crippen LogP contribution < -0.4 is 0 Å². The molecular weight excluding hydrogens is 184 g/mol. The Hall–Kier alpha value is -0.890. The molecule has 0 amide bonds. The molecule has 1 aromatic heterocycles. The molecule has 0 N–H and O–H groups in total. The van der Waals surface area contributed by atoms with E-state index in [9.17, 15) is 0 Å². The molecule has 1 aliphatic rings. The number of rotatable bonds is 2. The predicted molar refractivity (Wildman–Crippen MR) is 63.2 cm³/mol. The number of nitrogens with zero attached hydrogens (tertiary/aromatic N) is 2. The molecule has 0 saturated carbocycles. The Labute approximate surface area is 92.3 Å². The van der Waals surface area contributed by atoms with Gasteiger partial charge in [-0.15, -0.1) is 0 Å². The summed E-state index contributed by atoms with van der Waals surface area (Å²) in [5.41, 5.74) is 2.61. The molecule has 15 heavy (non-hydrogen) atoms. The van der Waals surface area contributed by atoms with Crippen LogP contribution in [0.3, 0.4) is 0 Å². The van der Waals surface area contributed by atoms with Crippen molar-refractivity contribution < 1.29 is 0 Å². The minimum atomic E-state index is 0.581. The minimum absolute atomic E-state index is 0.581. The van der Waals surface area contributed by atoms with Crippen LogP contribution in [-0.4, -0.2) is 30.0 Å². The van der Waals surface area contributed by atoms with Crippen molar-refractivity contribution in [3.8, 4) is 0 Å². The van der Waals surface area contributed by atoms with Crippen molar-refractivity contribution in [3.05, 3.63) is 29.6 Å². The highest BCUT2D eigenvalue weighted by Crippen LogP contribution is 2.25. The van der Waals surface area contributed by atoms with Crippen molar-refractivity contribution in [1.29, 1.82) is 0 Å². The Morgan fingerprint density at radius 3 is 2.67 bits per heavy atom. The SMILES string of the molecule is CC(C)c1ccc(C2CCN(C)C2)nc1. The Morgan fingerprint density at radius 1 is 1.40 bits per heavy atom. The molecule has 1 aromatic rings. The van der Waals surface area contributed by atoms with Gasteiger partial charge in [-0.1, -0.05) is 19.9 Å². The van der Waals surface area contributed by atoms with Crippen LogP contribution in [-0.2, 0) is 0 Å². The van der Waals surface area contributed by atoms with E-state index in [1.165, 1.54) is 24.2 Å². The molecule has 1 fully saturated rings. The van der Waals surface area contributed by atoms with E-state index in [0.29, 0.717) is 11.8 Å². The predicted octanol–water partition coefficient (Wildman–Crippen LogP) is 2.62. The summed E-state index contributed by atoms with van der Waals surface area (Å²) in [5.74, 6) is 1.23. The van der Waals surface area contributed by atoms with E-state index in [1.54, 1.807) is 0 Å². The number of hydrogen-bond donors (Lipinski definition) is 0. The summed E-state index contributed by atoms with van der Waals surface area (Å²) in [6, 6.07) is 4.44. The van der Waals surface area contributed by atoms with Gasteiger partial charge in [0.2, 0.25) is 0 Å². The lowest BCUT2D eigenvalue weighted by Gasteiger charge is -2.11. The lowest BCUT2D eigenvalue weighted by molar-refractivity contribution is 0.410. The summed E-state index contributed by atoms with van der Waals surface area (Å²) < 4.78 is 0. The molecule has 82 valence electrons. The standard InChI is InChI=1S/C13H20N2/c1-10(2)11-4-5-13(14-8-11)12-6-7-15(3)9-12/h4-5,8,10,12H,6-7,9H2,1-3H3.